The van der Waals surface area contributed by atoms with E-state index in [0.29, 0.717) is 10.7 Å². The topological polar surface area (TPSA) is 86.8 Å². The van der Waals surface area contributed by atoms with Crippen LogP contribution in [0.15, 0.2) is 48.5 Å². The molecule has 0 unspecified atom stereocenters. The van der Waals surface area contributed by atoms with Gasteiger partial charge >= 0.3 is 0 Å². The van der Waals surface area contributed by atoms with Gasteiger partial charge in [-0.2, -0.15) is 0 Å². The second-order valence-corrected chi connectivity index (χ2v) is 11.3. The van der Waals surface area contributed by atoms with Crippen LogP contribution in [0.2, 0.25) is 5.02 Å². The minimum absolute atomic E-state index is 0.0523. The lowest BCUT2D eigenvalue weighted by molar-refractivity contribution is -0.139. The zero-order chi connectivity index (χ0) is 25.6. The number of sulfonamides is 1. The SMILES string of the molecule is CC(C)NC(=O)[C@@H](C)N(Cc1ccc(Cl)cc1)C(=O)CN(c1ccccc1C(C)C)S(C)(=O)=O. The van der Waals surface area contributed by atoms with Crippen LogP contribution in [-0.4, -0.2) is 50.0 Å². The summed E-state index contributed by atoms with van der Waals surface area (Å²) in [5.74, 6) is -0.743. The Morgan fingerprint density at radius 2 is 1.56 bits per heavy atom. The van der Waals surface area contributed by atoms with E-state index in [1.165, 1.54) is 4.90 Å². The van der Waals surface area contributed by atoms with Gasteiger partial charge in [-0.3, -0.25) is 13.9 Å². The van der Waals surface area contributed by atoms with E-state index in [9.17, 15) is 18.0 Å². The molecule has 0 spiro atoms. The fourth-order valence-corrected chi connectivity index (χ4v) is 4.57. The molecule has 0 aliphatic rings. The summed E-state index contributed by atoms with van der Waals surface area (Å²) in [6, 6.07) is 13.2. The van der Waals surface area contributed by atoms with E-state index in [1.807, 2.05) is 39.8 Å². The molecule has 0 fully saturated rings. The van der Waals surface area contributed by atoms with E-state index >= 15 is 0 Å². The van der Waals surface area contributed by atoms with E-state index in [0.717, 1.165) is 21.7 Å². The molecule has 2 rings (SSSR count). The molecule has 2 amide bonds. The van der Waals surface area contributed by atoms with Gasteiger partial charge in [0, 0.05) is 17.6 Å². The van der Waals surface area contributed by atoms with Crippen LogP contribution in [0.25, 0.3) is 0 Å². The van der Waals surface area contributed by atoms with Crippen molar-refractivity contribution in [2.24, 2.45) is 0 Å². The Morgan fingerprint density at radius 3 is 2.09 bits per heavy atom. The molecule has 1 N–H and O–H groups in total. The number of nitrogens with zero attached hydrogens (tertiary/aromatic N) is 2. The first-order chi connectivity index (χ1) is 15.8. The quantitative estimate of drug-likeness (QED) is 0.523. The second kappa shape index (κ2) is 11.7. The highest BCUT2D eigenvalue weighted by Crippen LogP contribution is 2.29. The lowest BCUT2D eigenvalue weighted by atomic mass is 10.0. The largest absolute Gasteiger partial charge is 0.352 e. The maximum atomic E-state index is 13.6. The van der Waals surface area contributed by atoms with Crippen molar-refractivity contribution in [1.29, 1.82) is 0 Å². The third-order valence-electron chi connectivity index (χ3n) is 5.37. The molecule has 0 aromatic heterocycles. The maximum Gasteiger partial charge on any atom is 0.244 e. The summed E-state index contributed by atoms with van der Waals surface area (Å²) in [6.45, 7) is 8.95. The van der Waals surface area contributed by atoms with Crippen molar-refractivity contribution in [2.75, 3.05) is 17.1 Å². The minimum Gasteiger partial charge on any atom is -0.352 e. The van der Waals surface area contributed by atoms with Gasteiger partial charge in [-0.15, -0.1) is 0 Å². The lowest BCUT2D eigenvalue weighted by Crippen LogP contribution is -2.52. The van der Waals surface area contributed by atoms with Gasteiger partial charge in [0.05, 0.1) is 11.9 Å². The molecular weight excluding hydrogens is 474 g/mol. The van der Waals surface area contributed by atoms with Gasteiger partial charge in [0.25, 0.3) is 0 Å². The van der Waals surface area contributed by atoms with Gasteiger partial charge in [-0.1, -0.05) is 55.8 Å². The zero-order valence-corrected chi connectivity index (χ0v) is 22.2. The molecule has 0 saturated carbocycles. The Labute approximate surface area is 208 Å². The average molecular weight is 508 g/mol. The van der Waals surface area contributed by atoms with Crippen LogP contribution in [0, 0.1) is 0 Å². The summed E-state index contributed by atoms with van der Waals surface area (Å²) in [5, 5.41) is 3.38. The molecule has 34 heavy (non-hydrogen) atoms. The number of anilines is 1. The number of amides is 2. The molecule has 0 radical (unpaired) electrons. The number of hydrogen-bond donors (Lipinski definition) is 1. The first kappa shape index (κ1) is 27.7. The third-order valence-corrected chi connectivity index (χ3v) is 6.75. The van der Waals surface area contributed by atoms with E-state index in [4.69, 9.17) is 11.6 Å². The Bertz CT molecular complexity index is 1100. The highest BCUT2D eigenvalue weighted by Gasteiger charge is 2.31. The van der Waals surface area contributed by atoms with Crippen molar-refractivity contribution in [3.8, 4) is 0 Å². The zero-order valence-electron chi connectivity index (χ0n) is 20.6. The number of carbonyl (C=O) groups is 2. The van der Waals surface area contributed by atoms with Crippen LogP contribution < -0.4 is 9.62 Å². The molecular formula is C25H34ClN3O4S. The van der Waals surface area contributed by atoms with Crippen LogP contribution in [-0.2, 0) is 26.2 Å². The predicted octanol–water partition coefficient (Wildman–Crippen LogP) is 4.17. The molecule has 2 aromatic carbocycles. The fraction of sp³-hybridized carbons (Fsp3) is 0.440. The Hall–Kier alpha value is -2.58. The smallest absolute Gasteiger partial charge is 0.244 e. The summed E-state index contributed by atoms with van der Waals surface area (Å²) >= 11 is 5.99. The van der Waals surface area contributed by atoms with Gasteiger partial charge in [0.15, 0.2) is 0 Å². The van der Waals surface area contributed by atoms with E-state index in [2.05, 4.69) is 5.32 Å². The molecule has 2 aromatic rings. The summed E-state index contributed by atoms with van der Waals surface area (Å²) in [5.41, 5.74) is 2.05. The van der Waals surface area contributed by atoms with Crippen LogP contribution in [0.3, 0.4) is 0 Å². The molecule has 0 bridgehead atoms. The van der Waals surface area contributed by atoms with E-state index < -0.39 is 28.5 Å². The molecule has 0 heterocycles. The first-order valence-corrected chi connectivity index (χ1v) is 13.4. The highest BCUT2D eigenvalue weighted by atomic mass is 35.5. The van der Waals surface area contributed by atoms with Crippen molar-refractivity contribution in [2.45, 2.75) is 59.2 Å². The fourth-order valence-electron chi connectivity index (χ4n) is 3.57. The maximum absolute atomic E-state index is 13.6. The number of hydrogen-bond acceptors (Lipinski definition) is 4. The van der Waals surface area contributed by atoms with Crippen LogP contribution in [0.5, 0.6) is 0 Å². The monoisotopic (exact) mass is 507 g/mol. The number of benzene rings is 2. The number of carbonyl (C=O) groups excluding carboxylic acids is 2. The predicted molar refractivity (Wildman–Crippen MR) is 137 cm³/mol. The average Bonchev–Trinajstić information content (AvgIpc) is 2.75. The van der Waals surface area contributed by atoms with Gasteiger partial charge in [0.1, 0.15) is 12.6 Å². The molecule has 7 nitrogen and oxygen atoms in total. The van der Waals surface area contributed by atoms with Gasteiger partial charge in [-0.05, 0) is 56.0 Å². The van der Waals surface area contributed by atoms with Crippen LogP contribution in [0.1, 0.15) is 51.7 Å². The van der Waals surface area contributed by atoms with Crippen molar-refractivity contribution < 1.29 is 18.0 Å². The van der Waals surface area contributed by atoms with Gasteiger partial charge < -0.3 is 10.2 Å². The number of para-hydroxylation sites is 1. The highest BCUT2D eigenvalue weighted by molar-refractivity contribution is 7.92. The molecule has 0 aliphatic heterocycles. The number of nitrogens with one attached hydrogen (secondary N) is 1. The van der Waals surface area contributed by atoms with E-state index in [1.54, 1.807) is 43.3 Å². The van der Waals surface area contributed by atoms with Crippen molar-refractivity contribution in [1.82, 2.24) is 10.2 Å². The number of halogens is 1. The summed E-state index contributed by atoms with van der Waals surface area (Å²) in [7, 11) is -3.78. The molecule has 1 atom stereocenters. The molecule has 9 heteroatoms. The summed E-state index contributed by atoms with van der Waals surface area (Å²) < 4.78 is 26.7. The molecule has 186 valence electrons. The Balaban J connectivity index is 2.45. The summed E-state index contributed by atoms with van der Waals surface area (Å²) in [6.07, 6.45) is 1.08. The van der Waals surface area contributed by atoms with Crippen LogP contribution >= 0.6 is 11.6 Å². The first-order valence-electron chi connectivity index (χ1n) is 11.2. The van der Waals surface area contributed by atoms with Crippen LogP contribution in [0.4, 0.5) is 5.69 Å². The van der Waals surface area contributed by atoms with Gasteiger partial charge in [-0.25, -0.2) is 8.42 Å². The van der Waals surface area contributed by atoms with Crippen molar-refractivity contribution in [3.05, 3.63) is 64.7 Å². The van der Waals surface area contributed by atoms with Crippen molar-refractivity contribution in [3.63, 3.8) is 0 Å². The standard InChI is InChI=1S/C25H34ClN3O4S/c1-17(2)22-9-7-8-10-23(22)29(34(6,32)33)16-24(30)28(19(5)25(31)27-18(3)4)15-20-11-13-21(26)14-12-20/h7-14,17-19H,15-16H2,1-6H3,(H,27,31)/t19-/m1/s1. The van der Waals surface area contributed by atoms with E-state index in [-0.39, 0.29) is 24.4 Å². The third kappa shape index (κ3) is 7.46. The Morgan fingerprint density at radius 1 is 0.971 bits per heavy atom. The lowest BCUT2D eigenvalue weighted by Gasteiger charge is -2.32. The minimum atomic E-state index is -3.78. The Kier molecular flexibility index (Phi) is 9.53. The van der Waals surface area contributed by atoms with Gasteiger partial charge in [0.2, 0.25) is 21.8 Å². The second-order valence-electron chi connectivity index (χ2n) is 8.97. The summed E-state index contributed by atoms with van der Waals surface area (Å²) in [4.78, 5) is 27.8. The number of rotatable bonds is 10. The normalized spacial score (nSPS) is 12.5. The molecule has 0 aliphatic carbocycles. The van der Waals surface area contributed by atoms with Crippen molar-refractivity contribution >= 4 is 39.1 Å². The molecule has 0 saturated heterocycles.